The molecule has 9 heteroatoms. The van der Waals surface area contributed by atoms with E-state index in [0.29, 0.717) is 21.4 Å². The molecular formula is C31H31FN4O3S. The minimum Gasteiger partial charge on any atom is -0.445 e. The highest BCUT2D eigenvalue weighted by Gasteiger charge is 2.30. The molecule has 0 saturated heterocycles. The Morgan fingerprint density at radius 2 is 1.77 bits per heavy atom. The van der Waals surface area contributed by atoms with Crippen molar-refractivity contribution in [3.63, 3.8) is 0 Å². The molecule has 0 radical (unpaired) electrons. The maximum atomic E-state index is 15.2. The molecule has 0 saturated carbocycles. The minimum atomic E-state index is -1.17. The SMILES string of the molecule is CC(C)(O)c1ncc(C(NC(=O)OCc2ccccc2)c2cc(F)nc(-c3c4c(cc5c3CCC5)CCC4)n2)s1. The van der Waals surface area contributed by atoms with Crippen LogP contribution >= 0.6 is 11.3 Å². The predicted molar refractivity (Wildman–Crippen MR) is 150 cm³/mol. The van der Waals surface area contributed by atoms with E-state index in [1.54, 1.807) is 20.0 Å². The summed E-state index contributed by atoms with van der Waals surface area (Å²) in [5.74, 6) is -0.317. The van der Waals surface area contributed by atoms with E-state index in [1.165, 1.54) is 39.7 Å². The Morgan fingerprint density at radius 3 is 2.42 bits per heavy atom. The lowest BCUT2D eigenvalue weighted by Crippen LogP contribution is -2.30. The van der Waals surface area contributed by atoms with Crippen molar-refractivity contribution in [2.24, 2.45) is 0 Å². The average Bonchev–Trinajstić information content (AvgIpc) is 3.70. The maximum absolute atomic E-state index is 15.2. The van der Waals surface area contributed by atoms with E-state index in [1.807, 2.05) is 30.3 Å². The summed E-state index contributed by atoms with van der Waals surface area (Å²) in [5, 5.41) is 13.9. The molecule has 1 atom stereocenters. The van der Waals surface area contributed by atoms with Crippen molar-refractivity contribution in [2.75, 3.05) is 0 Å². The summed E-state index contributed by atoms with van der Waals surface area (Å²) in [5.41, 5.74) is 5.97. The zero-order valence-electron chi connectivity index (χ0n) is 22.5. The monoisotopic (exact) mass is 558 g/mol. The van der Waals surface area contributed by atoms with E-state index >= 15 is 4.39 Å². The average molecular weight is 559 g/mol. The largest absolute Gasteiger partial charge is 0.445 e. The number of nitrogens with zero attached hydrogens (tertiary/aromatic N) is 3. The van der Waals surface area contributed by atoms with Gasteiger partial charge in [-0.05, 0) is 80.2 Å². The molecule has 2 heterocycles. The number of rotatable bonds is 7. The molecule has 2 N–H and O–H groups in total. The van der Waals surface area contributed by atoms with Crippen LogP contribution in [-0.4, -0.2) is 26.2 Å². The van der Waals surface area contributed by atoms with Crippen LogP contribution in [0.15, 0.2) is 48.7 Å². The number of carbonyl (C=O) groups excluding carboxylic acids is 1. The van der Waals surface area contributed by atoms with Gasteiger partial charge in [0.05, 0.1) is 10.6 Å². The third-order valence-corrected chi connectivity index (χ3v) is 8.89. The summed E-state index contributed by atoms with van der Waals surface area (Å²) >= 11 is 1.23. The standard InChI is InChI=1S/C31H31FN4O3S/c1-31(2,38)29-33-16-24(40-29)27(36-30(37)39-17-18-8-4-3-5-9-18)23-15-25(32)35-28(34-23)26-21-12-6-10-19(21)14-20-11-7-13-22(20)26/h3-5,8-9,14-16,27,38H,6-7,10-13,17H2,1-2H3,(H,36,37). The number of benzene rings is 2. The first-order valence-corrected chi connectivity index (χ1v) is 14.4. The molecule has 4 aromatic rings. The van der Waals surface area contributed by atoms with Gasteiger partial charge in [0.25, 0.3) is 0 Å². The van der Waals surface area contributed by atoms with Gasteiger partial charge >= 0.3 is 6.09 Å². The van der Waals surface area contributed by atoms with Crippen molar-refractivity contribution in [3.05, 3.63) is 98.0 Å². The van der Waals surface area contributed by atoms with E-state index in [2.05, 4.69) is 21.4 Å². The molecule has 0 aliphatic heterocycles. The number of thiazole rings is 1. The number of fused-ring (bicyclic) bond motifs is 2. The third-order valence-electron chi connectivity index (χ3n) is 7.51. The first-order chi connectivity index (χ1) is 19.3. The first kappa shape index (κ1) is 26.5. The highest BCUT2D eigenvalue weighted by atomic mass is 32.1. The van der Waals surface area contributed by atoms with Gasteiger partial charge in [0.15, 0.2) is 5.82 Å². The Labute approximate surface area is 236 Å². The number of aryl methyl sites for hydroxylation is 2. The van der Waals surface area contributed by atoms with Crippen molar-refractivity contribution < 1.29 is 19.0 Å². The fraction of sp³-hybridized carbons (Fsp3) is 0.355. The van der Waals surface area contributed by atoms with Gasteiger partial charge in [0.2, 0.25) is 5.95 Å². The Bertz CT molecular complexity index is 1530. The van der Waals surface area contributed by atoms with E-state index in [-0.39, 0.29) is 6.61 Å². The van der Waals surface area contributed by atoms with Crippen LogP contribution in [0, 0.1) is 5.95 Å². The Balaban J connectivity index is 1.39. The van der Waals surface area contributed by atoms with Gasteiger partial charge in [-0.3, -0.25) is 0 Å². The summed E-state index contributed by atoms with van der Waals surface area (Å²) in [6.07, 6.45) is 6.89. The summed E-state index contributed by atoms with van der Waals surface area (Å²) < 4.78 is 20.7. The molecular weight excluding hydrogens is 527 g/mol. The van der Waals surface area contributed by atoms with Crippen molar-refractivity contribution >= 4 is 17.4 Å². The molecule has 40 heavy (non-hydrogen) atoms. The zero-order valence-corrected chi connectivity index (χ0v) is 23.4. The van der Waals surface area contributed by atoms with Crippen LogP contribution in [0.3, 0.4) is 0 Å². The molecule has 7 nitrogen and oxygen atoms in total. The van der Waals surface area contributed by atoms with Gasteiger partial charge in [-0.15, -0.1) is 11.3 Å². The second-order valence-electron chi connectivity index (χ2n) is 10.9. The lowest BCUT2D eigenvalue weighted by atomic mass is 9.93. The minimum absolute atomic E-state index is 0.0860. The number of hydrogen-bond acceptors (Lipinski definition) is 7. The van der Waals surface area contributed by atoms with Gasteiger partial charge < -0.3 is 15.2 Å². The summed E-state index contributed by atoms with van der Waals surface area (Å²) in [7, 11) is 0. The van der Waals surface area contributed by atoms with Crippen LogP contribution in [0.25, 0.3) is 11.4 Å². The normalized spacial score (nSPS) is 15.0. The van der Waals surface area contributed by atoms with E-state index in [9.17, 15) is 9.90 Å². The molecule has 2 aromatic carbocycles. The van der Waals surface area contributed by atoms with Crippen LogP contribution < -0.4 is 5.32 Å². The predicted octanol–water partition coefficient (Wildman–Crippen LogP) is 5.96. The number of amides is 1. The number of ether oxygens (including phenoxy) is 1. The van der Waals surface area contributed by atoms with Crippen molar-refractivity contribution in [1.82, 2.24) is 20.3 Å². The first-order valence-electron chi connectivity index (χ1n) is 13.6. The van der Waals surface area contributed by atoms with Gasteiger partial charge in [0, 0.05) is 17.8 Å². The number of alkyl carbamates (subject to hydrolysis) is 1. The highest BCUT2D eigenvalue weighted by Crippen LogP contribution is 2.40. The Morgan fingerprint density at radius 1 is 1.07 bits per heavy atom. The van der Waals surface area contributed by atoms with Crippen LogP contribution in [0.4, 0.5) is 9.18 Å². The molecule has 206 valence electrons. The molecule has 0 fully saturated rings. The number of aromatic nitrogens is 3. The van der Waals surface area contributed by atoms with Crippen LogP contribution in [0.1, 0.15) is 76.1 Å². The maximum Gasteiger partial charge on any atom is 0.408 e. The molecule has 1 amide bonds. The summed E-state index contributed by atoms with van der Waals surface area (Å²) in [6.45, 7) is 3.37. The lowest BCUT2D eigenvalue weighted by Gasteiger charge is -2.19. The molecule has 2 aliphatic rings. The second kappa shape index (κ2) is 10.7. The van der Waals surface area contributed by atoms with Gasteiger partial charge in [0.1, 0.15) is 23.3 Å². The molecule has 1 unspecified atom stereocenters. The van der Waals surface area contributed by atoms with E-state index in [0.717, 1.165) is 49.7 Å². The highest BCUT2D eigenvalue weighted by molar-refractivity contribution is 7.11. The van der Waals surface area contributed by atoms with Crippen molar-refractivity contribution in [3.8, 4) is 11.4 Å². The van der Waals surface area contributed by atoms with Crippen LogP contribution in [0.5, 0.6) is 0 Å². The van der Waals surface area contributed by atoms with E-state index < -0.39 is 23.7 Å². The van der Waals surface area contributed by atoms with Crippen molar-refractivity contribution in [1.29, 1.82) is 0 Å². The summed E-state index contributed by atoms with van der Waals surface area (Å²) in [6, 6.07) is 12.1. The van der Waals surface area contributed by atoms with Gasteiger partial charge in [-0.25, -0.2) is 14.8 Å². The topological polar surface area (TPSA) is 97.2 Å². The van der Waals surface area contributed by atoms with E-state index in [4.69, 9.17) is 9.72 Å². The Hall–Kier alpha value is -3.69. The zero-order chi connectivity index (χ0) is 27.9. The molecule has 0 spiro atoms. The number of hydrogen-bond donors (Lipinski definition) is 2. The number of carbonyl (C=O) groups is 1. The second-order valence-corrected chi connectivity index (χ2v) is 12.0. The molecule has 0 bridgehead atoms. The number of aliphatic hydroxyl groups is 1. The molecule has 6 rings (SSSR count). The van der Waals surface area contributed by atoms with Gasteiger partial charge in [-0.1, -0.05) is 36.4 Å². The fourth-order valence-electron chi connectivity index (χ4n) is 5.66. The molecule has 2 aromatic heterocycles. The third kappa shape index (κ3) is 5.36. The lowest BCUT2D eigenvalue weighted by molar-refractivity contribution is 0.0783. The van der Waals surface area contributed by atoms with Crippen molar-refractivity contribution in [2.45, 2.75) is 70.6 Å². The fourth-order valence-corrected chi connectivity index (χ4v) is 6.64. The number of nitrogens with one attached hydrogen (secondary N) is 1. The molecule has 2 aliphatic carbocycles. The smallest absolute Gasteiger partial charge is 0.408 e. The quantitative estimate of drug-likeness (QED) is 0.272. The summed E-state index contributed by atoms with van der Waals surface area (Å²) in [4.78, 5) is 27.1. The van der Waals surface area contributed by atoms with Crippen LogP contribution in [0.2, 0.25) is 0 Å². The van der Waals surface area contributed by atoms with Crippen LogP contribution in [-0.2, 0) is 42.6 Å². The van der Waals surface area contributed by atoms with Gasteiger partial charge in [-0.2, -0.15) is 9.37 Å². The number of halogens is 1. The Kier molecular flexibility index (Phi) is 7.10.